The number of nitrogens with one attached hydrogen (secondary N) is 3. The Labute approximate surface area is 444 Å². The first-order valence-corrected chi connectivity index (χ1v) is 27.5. The van der Waals surface area contributed by atoms with Crippen LogP contribution in [-0.4, -0.2) is 126 Å². The molecule has 1 saturated heterocycles. The molecule has 6 aromatic carbocycles. The van der Waals surface area contributed by atoms with Gasteiger partial charge in [0.2, 0.25) is 17.7 Å². The SMILES string of the molecule is CC(=O)NC1C(OCCCCCCNC(=O)CN(CCSC(c2ccccc2)(c2ccccc2)c2ccccc2)CC(=O)NCCSC(c2ccccc2)(c2ccccc2)c2ccccc2)OC(CO)C(O)C1O. The Morgan fingerprint density at radius 1 is 0.554 bits per heavy atom. The van der Waals surface area contributed by atoms with Crippen LogP contribution >= 0.6 is 23.5 Å². The van der Waals surface area contributed by atoms with E-state index >= 15 is 0 Å². The van der Waals surface area contributed by atoms with Gasteiger partial charge in [-0.2, -0.15) is 0 Å². The molecule has 7 rings (SSSR count). The highest BCUT2D eigenvalue weighted by Gasteiger charge is 2.45. The fourth-order valence-electron chi connectivity index (χ4n) is 9.61. The predicted molar refractivity (Wildman–Crippen MR) is 296 cm³/mol. The standard InChI is InChI=1S/C60H70N4O8S2/c1-45(66)63-55-57(70)56(69)52(44-65)72-58(55)71-39-23-3-2-22-36-61-53(67)42-64(38-41-74-60(49-30-16-7-17-31-49,50-32-18-8-19-33-50)51-34-20-9-21-35-51)43-54(68)62-37-40-73-59(46-24-10-4-11-25-46,47-26-12-5-13-27-47)48-28-14-6-15-29-48/h4-21,24-35,52,55-58,65,69-70H,2-3,22-23,36-44H2,1H3,(H,61,67)(H,62,68)(H,63,66). The van der Waals surface area contributed by atoms with Gasteiger partial charge in [0.15, 0.2) is 6.29 Å². The summed E-state index contributed by atoms with van der Waals surface area (Å²) in [7, 11) is 0. The number of aliphatic hydroxyl groups is 3. The lowest BCUT2D eigenvalue weighted by molar-refractivity contribution is -0.270. The van der Waals surface area contributed by atoms with Gasteiger partial charge in [0, 0.05) is 44.7 Å². The van der Waals surface area contributed by atoms with Crippen molar-refractivity contribution in [3.63, 3.8) is 0 Å². The van der Waals surface area contributed by atoms with Gasteiger partial charge in [-0.15, -0.1) is 23.5 Å². The summed E-state index contributed by atoms with van der Waals surface area (Å²) in [5.74, 6) is 0.504. The van der Waals surface area contributed by atoms with Crippen molar-refractivity contribution < 1.29 is 39.2 Å². The number of unbranched alkanes of at least 4 members (excludes halogenated alkanes) is 3. The van der Waals surface area contributed by atoms with Gasteiger partial charge < -0.3 is 40.7 Å². The van der Waals surface area contributed by atoms with E-state index in [4.69, 9.17) is 9.47 Å². The van der Waals surface area contributed by atoms with E-state index in [1.807, 2.05) is 41.3 Å². The molecule has 0 aromatic heterocycles. The smallest absolute Gasteiger partial charge is 0.234 e. The molecule has 14 heteroatoms. The topological polar surface area (TPSA) is 170 Å². The lowest BCUT2D eigenvalue weighted by Crippen LogP contribution is -2.64. The van der Waals surface area contributed by atoms with E-state index < -0.39 is 52.7 Å². The Hall–Kier alpha value is -5.81. The van der Waals surface area contributed by atoms with Crippen LogP contribution in [0.1, 0.15) is 66.0 Å². The Morgan fingerprint density at radius 2 is 0.946 bits per heavy atom. The molecule has 1 fully saturated rings. The highest BCUT2D eigenvalue weighted by Crippen LogP contribution is 2.49. The second-order valence-corrected chi connectivity index (χ2v) is 21.0. The highest BCUT2D eigenvalue weighted by atomic mass is 32.2. The average molecular weight is 1040 g/mol. The summed E-state index contributed by atoms with van der Waals surface area (Å²) < 4.78 is 10.5. The van der Waals surface area contributed by atoms with Crippen molar-refractivity contribution in [1.82, 2.24) is 20.9 Å². The third kappa shape index (κ3) is 14.7. The predicted octanol–water partition coefficient (Wildman–Crippen LogP) is 7.49. The third-order valence-electron chi connectivity index (χ3n) is 13.2. The number of thioether (sulfide) groups is 2. The summed E-state index contributed by atoms with van der Waals surface area (Å²) in [5.41, 5.74) is 6.86. The second-order valence-electron chi connectivity index (χ2n) is 18.4. The molecule has 5 unspecified atom stereocenters. The fraction of sp³-hybridized carbons (Fsp3) is 0.350. The van der Waals surface area contributed by atoms with E-state index in [1.54, 1.807) is 23.5 Å². The summed E-state index contributed by atoms with van der Waals surface area (Å²) in [6, 6.07) is 62.0. The van der Waals surface area contributed by atoms with E-state index in [1.165, 1.54) is 6.92 Å². The van der Waals surface area contributed by atoms with Crippen LogP contribution in [0, 0.1) is 0 Å². The van der Waals surface area contributed by atoms with E-state index in [0.29, 0.717) is 37.6 Å². The first kappa shape index (κ1) is 55.9. The Morgan fingerprint density at radius 3 is 1.35 bits per heavy atom. The van der Waals surface area contributed by atoms with Crippen LogP contribution in [-0.2, 0) is 33.4 Å². The number of benzene rings is 6. The maximum atomic E-state index is 14.0. The van der Waals surface area contributed by atoms with Gasteiger partial charge in [0.05, 0.1) is 29.2 Å². The minimum absolute atomic E-state index is 0.0386. The number of amides is 3. The maximum absolute atomic E-state index is 14.0. The molecule has 0 radical (unpaired) electrons. The van der Waals surface area contributed by atoms with Crippen molar-refractivity contribution in [2.24, 2.45) is 0 Å². The fourth-order valence-corrected chi connectivity index (χ4v) is 12.6. The van der Waals surface area contributed by atoms with Gasteiger partial charge in [-0.25, -0.2) is 0 Å². The first-order chi connectivity index (χ1) is 36.1. The summed E-state index contributed by atoms with van der Waals surface area (Å²) in [6.45, 7) is 2.47. The van der Waals surface area contributed by atoms with Crippen LogP contribution < -0.4 is 16.0 Å². The summed E-state index contributed by atoms with van der Waals surface area (Å²) in [4.78, 5) is 41.5. The molecule has 74 heavy (non-hydrogen) atoms. The number of carbonyl (C=O) groups is 3. The van der Waals surface area contributed by atoms with Gasteiger partial charge in [-0.1, -0.05) is 195 Å². The minimum atomic E-state index is -1.38. The Bertz CT molecular complexity index is 2400. The molecular weight excluding hydrogens is 969 g/mol. The number of rotatable bonds is 28. The van der Waals surface area contributed by atoms with Crippen LogP contribution in [0.15, 0.2) is 182 Å². The first-order valence-electron chi connectivity index (χ1n) is 25.5. The molecule has 0 spiro atoms. The summed E-state index contributed by atoms with van der Waals surface area (Å²) >= 11 is 3.58. The van der Waals surface area contributed by atoms with Crippen molar-refractivity contribution in [2.45, 2.75) is 72.7 Å². The summed E-state index contributed by atoms with van der Waals surface area (Å²) in [5, 5.41) is 39.4. The molecule has 0 aliphatic carbocycles. The zero-order valence-electron chi connectivity index (χ0n) is 42.0. The Kier molecular flexibility index (Phi) is 21.7. The number of hydrogen-bond acceptors (Lipinski definition) is 11. The quantitative estimate of drug-likeness (QED) is 0.0213. The molecule has 390 valence electrons. The monoisotopic (exact) mass is 1040 g/mol. The normalized spacial score (nSPS) is 17.9. The van der Waals surface area contributed by atoms with E-state index in [2.05, 4.69) is 162 Å². The average Bonchev–Trinajstić information content (AvgIpc) is 3.44. The Balaban J connectivity index is 0.990. The van der Waals surface area contributed by atoms with Crippen molar-refractivity contribution in [3.05, 3.63) is 215 Å². The number of nitrogens with zero attached hydrogens (tertiary/aromatic N) is 1. The van der Waals surface area contributed by atoms with Crippen LogP contribution in [0.3, 0.4) is 0 Å². The van der Waals surface area contributed by atoms with E-state index in [-0.39, 0.29) is 31.5 Å². The largest absolute Gasteiger partial charge is 0.394 e. The molecule has 3 amide bonds. The van der Waals surface area contributed by atoms with E-state index in [0.717, 1.165) is 52.6 Å². The molecule has 6 aromatic rings. The van der Waals surface area contributed by atoms with Crippen molar-refractivity contribution in [3.8, 4) is 0 Å². The van der Waals surface area contributed by atoms with Gasteiger partial charge in [-0.3, -0.25) is 19.3 Å². The number of carbonyl (C=O) groups excluding carboxylic acids is 3. The van der Waals surface area contributed by atoms with Crippen LogP contribution in [0.2, 0.25) is 0 Å². The molecule has 5 atom stereocenters. The molecule has 0 bridgehead atoms. The molecule has 1 aliphatic rings. The van der Waals surface area contributed by atoms with Crippen molar-refractivity contribution in [2.75, 3.05) is 57.4 Å². The van der Waals surface area contributed by atoms with Gasteiger partial charge >= 0.3 is 0 Å². The summed E-state index contributed by atoms with van der Waals surface area (Å²) in [6.07, 6.45) is -1.90. The van der Waals surface area contributed by atoms with Gasteiger partial charge in [-0.05, 0) is 46.2 Å². The molecule has 0 saturated carbocycles. The lowest BCUT2D eigenvalue weighted by atomic mass is 9.84. The molecular formula is C60H70N4O8S2. The molecule has 6 N–H and O–H groups in total. The number of hydrogen-bond donors (Lipinski definition) is 6. The molecule has 12 nitrogen and oxygen atoms in total. The lowest BCUT2D eigenvalue weighted by Gasteiger charge is -2.42. The number of ether oxygens (including phenoxy) is 2. The van der Waals surface area contributed by atoms with Gasteiger partial charge in [0.1, 0.15) is 24.4 Å². The minimum Gasteiger partial charge on any atom is -0.394 e. The van der Waals surface area contributed by atoms with Crippen LogP contribution in [0.5, 0.6) is 0 Å². The zero-order chi connectivity index (χ0) is 52.0. The zero-order valence-corrected chi connectivity index (χ0v) is 43.7. The number of aliphatic hydroxyl groups excluding tert-OH is 3. The maximum Gasteiger partial charge on any atom is 0.234 e. The third-order valence-corrected chi connectivity index (χ3v) is 16.3. The van der Waals surface area contributed by atoms with E-state index in [9.17, 15) is 29.7 Å². The van der Waals surface area contributed by atoms with Crippen LogP contribution in [0.4, 0.5) is 0 Å². The van der Waals surface area contributed by atoms with Crippen molar-refractivity contribution >= 4 is 41.2 Å². The molecule has 1 heterocycles. The molecule has 1 aliphatic heterocycles. The second kappa shape index (κ2) is 28.7. The van der Waals surface area contributed by atoms with Crippen molar-refractivity contribution in [1.29, 1.82) is 0 Å². The highest BCUT2D eigenvalue weighted by molar-refractivity contribution is 8.00. The van der Waals surface area contributed by atoms with Gasteiger partial charge in [0.25, 0.3) is 0 Å². The van der Waals surface area contributed by atoms with Crippen LogP contribution in [0.25, 0.3) is 0 Å².